The number of nitrogens with two attached hydrogens (primary N) is 1. The second kappa shape index (κ2) is 6.29. The lowest BCUT2D eigenvalue weighted by Gasteiger charge is -2.13. The number of hydrogen-bond acceptors (Lipinski definition) is 5. The molecular formula is C12H14ClNO5. The summed E-state index contributed by atoms with van der Waals surface area (Å²) in [5.41, 5.74) is 5.14. The van der Waals surface area contributed by atoms with E-state index in [2.05, 4.69) is 0 Å². The van der Waals surface area contributed by atoms with Gasteiger partial charge in [-0.15, -0.1) is 0 Å². The fraction of sp³-hybridized carbons (Fsp3) is 0.333. The van der Waals surface area contributed by atoms with Crippen LogP contribution in [0.25, 0.3) is 0 Å². The highest BCUT2D eigenvalue weighted by molar-refractivity contribution is 6.32. The van der Waals surface area contributed by atoms with Crippen molar-refractivity contribution in [2.24, 2.45) is 5.73 Å². The Labute approximate surface area is 115 Å². The van der Waals surface area contributed by atoms with E-state index in [-0.39, 0.29) is 16.3 Å². The van der Waals surface area contributed by atoms with Crippen LogP contribution in [0.5, 0.6) is 11.5 Å². The summed E-state index contributed by atoms with van der Waals surface area (Å²) in [5, 5.41) is 0.195. The molecule has 0 aliphatic rings. The fourth-order valence-corrected chi connectivity index (χ4v) is 1.61. The minimum Gasteiger partial charge on any atom is -0.493 e. The van der Waals surface area contributed by atoms with Gasteiger partial charge in [-0.3, -0.25) is 4.79 Å². The van der Waals surface area contributed by atoms with Gasteiger partial charge in [-0.1, -0.05) is 11.6 Å². The van der Waals surface area contributed by atoms with Crippen molar-refractivity contribution in [2.45, 2.75) is 13.0 Å². The first-order valence-electron chi connectivity index (χ1n) is 5.32. The van der Waals surface area contributed by atoms with Gasteiger partial charge in [-0.25, -0.2) is 4.79 Å². The second-order valence-corrected chi connectivity index (χ2v) is 4.05. The smallest absolute Gasteiger partial charge is 0.339 e. The number of esters is 1. The van der Waals surface area contributed by atoms with Crippen molar-refractivity contribution in [1.29, 1.82) is 0 Å². The average molecular weight is 288 g/mol. The van der Waals surface area contributed by atoms with E-state index < -0.39 is 18.0 Å². The van der Waals surface area contributed by atoms with Gasteiger partial charge in [0.1, 0.15) is 0 Å². The first-order valence-corrected chi connectivity index (χ1v) is 5.70. The topological polar surface area (TPSA) is 87.9 Å². The normalized spacial score (nSPS) is 11.6. The van der Waals surface area contributed by atoms with Gasteiger partial charge >= 0.3 is 5.97 Å². The molecule has 19 heavy (non-hydrogen) atoms. The zero-order valence-electron chi connectivity index (χ0n) is 10.7. The molecule has 1 rings (SSSR count). The molecule has 2 N–H and O–H groups in total. The van der Waals surface area contributed by atoms with Crippen LogP contribution in [0.2, 0.25) is 5.02 Å². The van der Waals surface area contributed by atoms with Crippen molar-refractivity contribution in [3.8, 4) is 11.5 Å². The van der Waals surface area contributed by atoms with Crippen molar-refractivity contribution >= 4 is 23.5 Å². The zero-order valence-corrected chi connectivity index (χ0v) is 11.5. The Hall–Kier alpha value is -1.95. The van der Waals surface area contributed by atoms with Crippen molar-refractivity contribution in [2.75, 3.05) is 14.2 Å². The third-order valence-corrected chi connectivity index (χ3v) is 2.63. The molecule has 0 aliphatic carbocycles. The van der Waals surface area contributed by atoms with Crippen LogP contribution in [-0.4, -0.2) is 32.2 Å². The molecule has 0 radical (unpaired) electrons. The molecule has 1 aromatic rings. The zero-order chi connectivity index (χ0) is 14.6. The van der Waals surface area contributed by atoms with E-state index in [1.54, 1.807) is 0 Å². The van der Waals surface area contributed by atoms with E-state index >= 15 is 0 Å². The van der Waals surface area contributed by atoms with Gasteiger partial charge in [0.05, 0.1) is 24.8 Å². The van der Waals surface area contributed by atoms with Crippen LogP contribution >= 0.6 is 11.6 Å². The second-order valence-electron chi connectivity index (χ2n) is 3.64. The molecule has 1 atom stereocenters. The number of ether oxygens (including phenoxy) is 3. The summed E-state index contributed by atoms with van der Waals surface area (Å²) in [7, 11) is 2.84. The summed E-state index contributed by atoms with van der Waals surface area (Å²) in [4.78, 5) is 22.6. The molecule has 0 saturated heterocycles. The van der Waals surface area contributed by atoms with E-state index in [1.807, 2.05) is 0 Å². The highest BCUT2D eigenvalue weighted by Crippen LogP contribution is 2.36. The fourth-order valence-electron chi connectivity index (χ4n) is 1.32. The van der Waals surface area contributed by atoms with Crippen molar-refractivity contribution in [3.63, 3.8) is 0 Å². The Balaban J connectivity index is 3.05. The van der Waals surface area contributed by atoms with Crippen LogP contribution in [0.1, 0.15) is 17.3 Å². The first kappa shape index (κ1) is 15.1. The molecule has 0 fully saturated rings. The summed E-state index contributed by atoms with van der Waals surface area (Å²) in [6.45, 7) is 1.38. The summed E-state index contributed by atoms with van der Waals surface area (Å²) in [6.07, 6.45) is -1.03. The molecule has 0 heterocycles. The molecule has 1 amide bonds. The standard InChI is InChI=1S/C12H14ClNO5/c1-6(11(14)15)19-12(16)7-4-8(13)10(18-3)9(5-7)17-2/h4-6H,1-3H3,(H2,14,15)/t6-/m0/s1. The number of amides is 1. The molecule has 0 aliphatic heterocycles. The SMILES string of the molecule is COc1cc(C(=O)O[C@@H](C)C(N)=O)cc(Cl)c1OC. The van der Waals surface area contributed by atoms with Crippen LogP contribution in [0, 0.1) is 0 Å². The number of rotatable bonds is 5. The lowest BCUT2D eigenvalue weighted by molar-refractivity contribution is -0.125. The summed E-state index contributed by atoms with van der Waals surface area (Å²) >= 11 is 5.95. The maximum absolute atomic E-state index is 11.8. The number of hydrogen-bond donors (Lipinski definition) is 1. The monoisotopic (exact) mass is 287 g/mol. The molecule has 104 valence electrons. The number of halogens is 1. The van der Waals surface area contributed by atoms with Gasteiger partial charge in [-0.2, -0.15) is 0 Å². The Morgan fingerprint density at radius 2 is 1.89 bits per heavy atom. The minimum atomic E-state index is -1.03. The predicted molar refractivity (Wildman–Crippen MR) is 68.6 cm³/mol. The van der Waals surface area contributed by atoms with Crippen molar-refractivity contribution in [3.05, 3.63) is 22.7 Å². The highest BCUT2D eigenvalue weighted by Gasteiger charge is 2.19. The van der Waals surface area contributed by atoms with Crippen LogP contribution in [-0.2, 0) is 9.53 Å². The summed E-state index contributed by atoms with van der Waals surface area (Å²) in [6, 6.07) is 2.76. The van der Waals surface area contributed by atoms with E-state index in [9.17, 15) is 9.59 Å². The molecule has 6 nitrogen and oxygen atoms in total. The third-order valence-electron chi connectivity index (χ3n) is 2.35. The Bertz CT molecular complexity index is 503. The molecule has 0 aromatic heterocycles. The van der Waals surface area contributed by atoms with Crippen molar-refractivity contribution in [1.82, 2.24) is 0 Å². The largest absolute Gasteiger partial charge is 0.493 e. The van der Waals surface area contributed by atoms with E-state index in [4.69, 9.17) is 31.5 Å². The van der Waals surface area contributed by atoms with Gasteiger partial charge in [0.25, 0.3) is 5.91 Å². The molecule has 1 aromatic carbocycles. The first-order chi connectivity index (χ1) is 8.90. The van der Waals surface area contributed by atoms with Gasteiger partial charge in [-0.05, 0) is 19.1 Å². The van der Waals surface area contributed by atoms with Crippen LogP contribution in [0.4, 0.5) is 0 Å². The van der Waals surface area contributed by atoms with Gasteiger partial charge in [0.15, 0.2) is 17.6 Å². The molecule has 0 saturated carbocycles. The van der Waals surface area contributed by atoms with E-state index in [0.717, 1.165) is 0 Å². The van der Waals surface area contributed by atoms with Crippen LogP contribution < -0.4 is 15.2 Å². The minimum absolute atomic E-state index is 0.135. The quantitative estimate of drug-likeness (QED) is 0.827. The Kier molecular flexibility index (Phi) is 5.00. The molecule has 7 heteroatoms. The van der Waals surface area contributed by atoms with Crippen LogP contribution in [0.15, 0.2) is 12.1 Å². The van der Waals surface area contributed by atoms with Gasteiger partial charge < -0.3 is 19.9 Å². The number of carbonyl (C=O) groups excluding carboxylic acids is 2. The highest BCUT2D eigenvalue weighted by atomic mass is 35.5. The third kappa shape index (κ3) is 3.51. The molecule has 0 unspecified atom stereocenters. The Morgan fingerprint density at radius 1 is 1.26 bits per heavy atom. The number of primary amides is 1. The number of carbonyl (C=O) groups is 2. The molecule has 0 bridgehead atoms. The average Bonchev–Trinajstić information content (AvgIpc) is 2.37. The lowest BCUT2D eigenvalue weighted by atomic mass is 10.2. The number of benzene rings is 1. The maximum atomic E-state index is 11.8. The van der Waals surface area contributed by atoms with E-state index in [1.165, 1.54) is 33.3 Å². The van der Waals surface area contributed by atoms with Gasteiger partial charge in [0.2, 0.25) is 0 Å². The maximum Gasteiger partial charge on any atom is 0.339 e. The van der Waals surface area contributed by atoms with Crippen LogP contribution in [0.3, 0.4) is 0 Å². The summed E-state index contributed by atoms with van der Waals surface area (Å²) < 4.78 is 14.9. The molecular weight excluding hydrogens is 274 g/mol. The summed E-state index contributed by atoms with van der Waals surface area (Å²) in [5.74, 6) is -0.869. The predicted octanol–water partition coefficient (Wildman–Crippen LogP) is 1.39. The molecule has 0 spiro atoms. The Morgan fingerprint density at radius 3 is 2.37 bits per heavy atom. The van der Waals surface area contributed by atoms with Gasteiger partial charge in [0, 0.05) is 0 Å². The lowest BCUT2D eigenvalue weighted by Crippen LogP contribution is -2.30. The van der Waals surface area contributed by atoms with Crippen molar-refractivity contribution < 1.29 is 23.8 Å². The van der Waals surface area contributed by atoms with E-state index in [0.29, 0.717) is 5.75 Å². The number of methoxy groups -OCH3 is 2.